The van der Waals surface area contributed by atoms with Crippen LogP contribution in [0, 0.1) is 6.85 Å². The predicted molar refractivity (Wildman–Crippen MR) is 81.8 cm³/mol. The number of rotatable bonds is 2. The largest absolute Gasteiger partial charge is 0.514 e. The van der Waals surface area contributed by atoms with E-state index in [1.54, 1.807) is 0 Å². The van der Waals surface area contributed by atoms with Gasteiger partial charge in [-0.3, -0.25) is 4.98 Å². The molecule has 0 amide bonds. The molecule has 3 heterocycles. The Morgan fingerprint density at radius 1 is 1.29 bits per heavy atom. The van der Waals surface area contributed by atoms with Crippen molar-refractivity contribution >= 4 is 12.7 Å². The van der Waals surface area contributed by atoms with Crippen molar-refractivity contribution in [3.05, 3.63) is 36.2 Å². The lowest BCUT2D eigenvalue weighted by atomic mass is 9.84. The molecule has 0 spiro atoms. The van der Waals surface area contributed by atoms with Gasteiger partial charge in [0.1, 0.15) is 0 Å². The predicted octanol–water partition coefficient (Wildman–Crippen LogP) is 1.87. The van der Waals surface area contributed by atoms with Gasteiger partial charge in [-0.2, -0.15) is 5.10 Å². The van der Waals surface area contributed by atoms with Gasteiger partial charge in [0.05, 0.1) is 35.5 Å². The van der Waals surface area contributed by atoms with Gasteiger partial charge in [0.2, 0.25) is 0 Å². The number of hydrogen-bond donors (Lipinski definition) is 0. The summed E-state index contributed by atoms with van der Waals surface area (Å²) in [5, 5.41) is 3.74. The molecule has 2 aromatic rings. The Morgan fingerprint density at radius 3 is 2.62 bits per heavy atom. The molecule has 0 radical (unpaired) electrons. The quantitative estimate of drug-likeness (QED) is 0.793. The molecule has 21 heavy (non-hydrogen) atoms. The summed E-state index contributed by atoms with van der Waals surface area (Å²) in [5.41, 5.74) is -2.48. The Labute approximate surface area is 136 Å². The van der Waals surface area contributed by atoms with Crippen LogP contribution in [0.5, 0.6) is 0 Å². The van der Waals surface area contributed by atoms with Gasteiger partial charge in [-0.05, 0) is 52.2 Å². The topological polar surface area (TPSA) is 49.2 Å². The molecule has 0 bridgehead atoms. The van der Waals surface area contributed by atoms with Crippen LogP contribution in [0.1, 0.15) is 44.2 Å². The van der Waals surface area contributed by atoms with Crippen molar-refractivity contribution in [3.8, 4) is 5.69 Å². The Morgan fingerprint density at radius 2 is 2.00 bits per heavy atom. The van der Waals surface area contributed by atoms with Crippen LogP contribution in [-0.2, 0) is 9.31 Å². The van der Waals surface area contributed by atoms with Crippen LogP contribution < -0.4 is 5.59 Å². The van der Waals surface area contributed by atoms with Crippen molar-refractivity contribution in [2.24, 2.45) is 0 Å². The summed E-state index contributed by atoms with van der Waals surface area (Å²) in [4.78, 5) is 3.96. The maximum Gasteiger partial charge on any atom is 0.514 e. The van der Waals surface area contributed by atoms with Crippen molar-refractivity contribution in [2.45, 2.75) is 45.7 Å². The minimum Gasteiger partial charge on any atom is -0.398 e. The zero-order chi connectivity index (χ0) is 22.1. The van der Waals surface area contributed by atoms with Crippen molar-refractivity contribution in [1.29, 1.82) is 0 Å². The molecule has 110 valence electrons. The number of nitrogens with zero attached hydrogens (tertiary/aromatic N) is 3. The summed E-state index contributed by atoms with van der Waals surface area (Å²) < 4.78 is 75.6. The zero-order valence-electron chi connectivity index (χ0n) is 20.2. The van der Waals surface area contributed by atoms with Gasteiger partial charge in [0.25, 0.3) is 0 Å². The van der Waals surface area contributed by atoms with Crippen LogP contribution in [-0.4, -0.2) is 33.1 Å². The first-order chi connectivity index (χ1) is 13.1. The van der Waals surface area contributed by atoms with Crippen molar-refractivity contribution in [2.75, 3.05) is 0 Å². The lowest BCUT2D eigenvalue weighted by Gasteiger charge is -2.32. The molecule has 2 aromatic heterocycles. The van der Waals surface area contributed by atoms with Crippen LogP contribution >= 0.6 is 0 Å². The number of hydrogen-bond acceptors (Lipinski definition) is 4. The molecule has 5 nitrogen and oxygen atoms in total. The van der Waals surface area contributed by atoms with E-state index in [0.29, 0.717) is 4.68 Å². The van der Waals surface area contributed by atoms with Gasteiger partial charge in [-0.25, -0.2) is 4.68 Å². The average molecular weight is 293 g/mol. The van der Waals surface area contributed by atoms with E-state index < -0.39 is 61.3 Å². The molecule has 0 saturated carbocycles. The fraction of sp³-hybridized carbons (Fsp3) is 0.467. The molecule has 0 N–H and O–H groups in total. The minimum absolute atomic E-state index is 0.0866. The normalized spacial score (nSPS) is 26.0. The second kappa shape index (κ2) is 4.68. The third kappa shape index (κ3) is 2.49. The molecule has 0 aromatic carbocycles. The van der Waals surface area contributed by atoms with Crippen LogP contribution in [0.25, 0.3) is 5.69 Å². The van der Waals surface area contributed by atoms with Gasteiger partial charge in [0, 0.05) is 16.5 Å². The molecule has 6 heteroatoms. The van der Waals surface area contributed by atoms with E-state index >= 15 is 0 Å². The van der Waals surface area contributed by atoms with E-state index in [2.05, 4.69) is 10.1 Å². The average Bonchev–Trinajstić information content (AvgIpc) is 2.95. The SMILES string of the molecule is [2H]c1nc(B2OC(C)(C)C(C)(C)O2)c([2H])c(-n2nc([2H])c(C([2H])([2H])[2H])c2[2H])c1[2H]. The highest BCUT2D eigenvalue weighted by Gasteiger charge is 2.52. The summed E-state index contributed by atoms with van der Waals surface area (Å²) >= 11 is 0. The van der Waals surface area contributed by atoms with E-state index in [4.69, 9.17) is 20.3 Å². The fourth-order valence-electron chi connectivity index (χ4n) is 1.86. The third-order valence-corrected chi connectivity index (χ3v) is 3.76. The van der Waals surface area contributed by atoms with Gasteiger partial charge < -0.3 is 9.31 Å². The smallest absolute Gasteiger partial charge is 0.398 e. The van der Waals surface area contributed by atoms with Crippen molar-refractivity contribution in [1.82, 2.24) is 14.8 Å². The molecule has 0 unspecified atom stereocenters. The summed E-state index contributed by atoms with van der Waals surface area (Å²) in [6.07, 6.45) is -1.82. The van der Waals surface area contributed by atoms with Gasteiger partial charge >= 0.3 is 7.12 Å². The zero-order valence-corrected chi connectivity index (χ0v) is 12.2. The maximum atomic E-state index is 8.51. The second-order valence-electron chi connectivity index (χ2n) is 5.81. The second-order valence-corrected chi connectivity index (χ2v) is 5.81. The highest BCUT2D eigenvalue weighted by atomic mass is 16.7. The Bertz CT molecular complexity index is 973. The fourth-order valence-corrected chi connectivity index (χ4v) is 1.86. The van der Waals surface area contributed by atoms with E-state index in [-0.39, 0.29) is 11.3 Å². The molecule has 1 aliphatic rings. The monoisotopic (exact) mass is 293 g/mol. The molecule has 1 fully saturated rings. The number of pyridine rings is 1. The summed E-state index contributed by atoms with van der Waals surface area (Å²) in [7, 11) is -1.10. The first-order valence-electron chi connectivity index (χ1n) is 10.5. The third-order valence-electron chi connectivity index (χ3n) is 3.76. The molecule has 0 aliphatic carbocycles. The first-order valence-corrected chi connectivity index (χ1v) is 6.49. The standard InChI is InChI=1S/C15H20BN3O2/c1-11-9-18-19(10-11)12-6-7-17-13(8-12)16-20-14(2,3)15(4,5)21-16/h6-10H,1-5H3/i1D3,6D,7D,8D,9D,10D. The summed E-state index contributed by atoms with van der Waals surface area (Å²) in [6, 6.07) is -0.916. The van der Waals surface area contributed by atoms with Gasteiger partial charge in [-0.15, -0.1) is 0 Å². The molecule has 1 aliphatic heterocycles. The Kier molecular flexibility index (Phi) is 1.68. The van der Waals surface area contributed by atoms with Crippen LogP contribution in [0.15, 0.2) is 30.6 Å². The van der Waals surface area contributed by atoms with Crippen molar-refractivity contribution < 1.29 is 20.3 Å². The Hall–Kier alpha value is -1.66. The maximum absolute atomic E-state index is 8.51. The molecule has 0 atom stereocenters. The molecule has 1 saturated heterocycles. The molecular formula is C15H20BN3O2. The van der Waals surface area contributed by atoms with Gasteiger partial charge in [-0.1, -0.05) is 0 Å². The summed E-state index contributed by atoms with van der Waals surface area (Å²) in [5.74, 6) is 0. The lowest BCUT2D eigenvalue weighted by Crippen LogP contribution is -2.41. The lowest BCUT2D eigenvalue weighted by molar-refractivity contribution is 0.00578. The number of aromatic nitrogens is 3. The van der Waals surface area contributed by atoms with E-state index in [0.717, 1.165) is 0 Å². The highest BCUT2D eigenvalue weighted by molar-refractivity contribution is 6.61. The highest BCUT2D eigenvalue weighted by Crippen LogP contribution is 2.36. The molecule has 3 rings (SSSR count). The van der Waals surface area contributed by atoms with E-state index in [1.807, 2.05) is 27.7 Å². The molecular weight excluding hydrogens is 265 g/mol. The minimum atomic E-state index is -2.76. The van der Waals surface area contributed by atoms with Crippen molar-refractivity contribution in [3.63, 3.8) is 0 Å². The van der Waals surface area contributed by atoms with Gasteiger partial charge in [0.15, 0.2) is 0 Å². The van der Waals surface area contributed by atoms with E-state index in [9.17, 15) is 0 Å². The first kappa shape index (κ1) is 7.56. The van der Waals surface area contributed by atoms with Crippen LogP contribution in [0.4, 0.5) is 0 Å². The summed E-state index contributed by atoms with van der Waals surface area (Å²) in [6.45, 7) is 4.47. The Balaban J connectivity index is 2.21. The van der Waals surface area contributed by atoms with Crippen LogP contribution in [0.3, 0.4) is 0 Å². The van der Waals surface area contributed by atoms with Crippen LogP contribution in [0.2, 0.25) is 0 Å². The van der Waals surface area contributed by atoms with E-state index in [1.165, 1.54) is 0 Å².